The van der Waals surface area contributed by atoms with E-state index in [1.807, 2.05) is 91.0 Å². The molecule has 0 aromatic heterocycles. The number of amides is 2. The Hall–Kier alpha value is -3.35. The predicted octanol–water partition coefficient (Wildman–Crippen LogP) is 7.42. The molecule has 0 radical (unpaired) electrons. The van der Waals surface area contributed by atoms with Crippen LogP contribution in [0.15, 0.2) is 100 Å². The molecule has 1 saturated heterocycles. The molecule has 5 rings (SSSR count). The molecule has 0 aliphatic carbocycles. The van der Waals surface area contributed by atoms with Crippen molar-refractivity contribution >= 4 is 55.7 Å². The Bertz CT molecular complexity index is 1410. The lowest BCUT2D eigenvalue weighted by atomic mass is 10.0. The molecule has 1 fully saturated rings. The highest BCUT2D eigenvalue weighted by Crippen LogP contribution is 2.36. The van der Waals surface area contributed by atoms with Crippen LogP contribution in [0.3, 0.4) is 0 Å². The molecule has 0 bridgehead atoms. The average molecular weight is 530 g/mol. The summed E-state index contributed by atoms with van der Waals surface area (Å²) in [6.45, 7) is 0.644. The van der Waals surface area contributed by atoms with Gasteiger partial charge in [-0.05, 0) is 57.9 Å². The molecule has 34 heavy (non-hydrogen) atoms. The van der Waals surface area contributed by atoms with E-state index in [2.05, 4.69) is 15.9 Å². The van der Waals surface area contributed by atoms with Gasteiger partial charge in [-0.25, -0.2) is 0 Å². The number of nitrogens with zero attached hydrogens (tertiary/aromatic N) is 1. The van der Waals surface area contributed by atoms with Crippen molar-refractivity contribution in [3.05, 3.63) is 117 Å². The van der Waals surface area contributed by atoms with Crippen LogP contribution >= 0.6 is 27.7 Å². The van der Waals surface area contributed by atoms with Crippen molar-refractivity contribution in [3.8, 4) is 5.75 Å². The largest absolute Gasteiger partial charge is 0.488 e. The average Bonchev–Trinajstić information content (AvgIpc) is 3.12. The van der Waals surface area contributed by atoms with Gasteiger partial charge in [-0.2, -0.15) is 0 Å². The Balaban J connectivity index is 1.40. The van der Waals surface area contributed by atoms with Crippen molar-refractivity contribution in [2.45, 2.75) is 13.2 Å². The second-order valence-corrected chi connectivity index (χ2v) is 9.77. The molecule has 4 nitrogen and oxygen atoms in total. The van der Waals surface area contributed by atoms with Crippen molar-refractivity contribution < 1.29 is 14.3 Å². The highest BCUT2D eigenvalue weighted by atomic mass is 79.9. The van der Waals surface area contributed by atoms with Gasteiger partial charge in [0.1, 0.15) is 12.4 Å². The lowest BCUT2D eigenvalue weighted by Gasteiger charge is -2.14. The number of carbonyl (C=O) groups excluding carboxylic acids is 2. The molecule has 0 saturated carbocycles. The van der Waals surface area contributed by atoms with Crippen LogP contribution in [0, 0.1) is 0 Å². The quantitative estimate of drug-likeness (QED) is 0.244. The van der Waals surface area contributed by atoms with Gasteiger partial charge in [-0.1, -0.05) is 88.7 Å². The summed E-state index contributed by atoms with van der Waals surface area (Å²) < 4.78 is 6.90. The Morgan fingerprint density at radius 1 is 0.882 bits per heavy atom. The number of ether oxygens (including phenoxy) is 1. The molecular weight excluding hydrogens is 510 g/mol. The normalized spacial score (nSPS) is 14.9. The number of rotatable bonds is 6. The van der Waals surface area contributed by atoms with Crippen LogP contribution in [0.2, 0.25) is 0 Å². The van der Waals surface area contributed by atoms with Gasteiger partial charge in [-0.15, -0.1) is 0 Å². The fourth-order valence-corrected chi connectivity index (χ4v) is 5.09. The van der Waals surface area contributed by atoms with E-state index in [9.17, 15) is 9.59 Å². The molecule has 2 amide bonds. The first-order valence-corrected chi connectivity index (χ1v) is 12.4. The Labute approximate surface area is 210 Å². The number of imide groups is 1. The molecule has 1 heterocycles. The van der Waals surface area contributed by atoms with E-state index in [0.29, 0.717) is 17.3 Å². The predicted molar refractivity (Wildman–Crippen MR) is 140 cm³/mol. The van der Waals surface area contributed by atoms with Crippen LogP contribution in [0.5, 0.6) is 5.75 Å². The third kappa shape index (κ3) is 4.79. The third-order valence-corrected chi connectivity index (χ3v) is 6.98. The molecule has 0 spiro atoms. The molecule has 1 aliphatic heterocycles. The van der Waals surface area contributed by atoms with E-state index in [0.717, 1.165) is 43.7 Å². The monoisotopic (exact) mass is 529 g/mol. The summed E-state index contributed by atoms with van der Waals surface area (Å²) >= 11 is 4.45. The van der Waals surface area contributed by atoms with Gasteiger partial charge in [-0.3, -0.25) is 14.5 Å². The zero-order valence-corrected chi connectivity index (χ0v) is 20.5. The van der Waals surface area contributed by atoms with Crippen molar-refractivity contribution in [1.29, 1.82) is 0 Å². The maximum atomic E-state index is 13.2. The number of hydrogen-bond donors (Lipinski definition) is 0. The summed E-state index contributed by atoms with van der Waals surface area (Å²) in [6.07, 6.45) is 1.74. The maximum Gasteiger partial charge on any atom is 0.293 e. The Morgan fingerprint density at radius 2 is 1.65 bits per heavy atom. The first-order chi connectivity index (χ1) is 16.6. The topological polar surface area (TPSA) is 46.6 Å². The molecule has 0 unspecified atom stereocenters. The SMILES string of the molecule is O=C1S/C(=C/c2cc(Br)ccc2OCc2ccccc2)C(=O)N1Cc1cccc2ccccc12. The molecule has 4 aromatic rings. The number of benzene rings is 4. The summed E-state index contributed by atoms with van der Waals surface area (Å²) in [4.78, 5) is 27.7. The van der Waals surface area contributed by atoms with Crippen LogP contribution in [0.1, 0.15) is 16.7 Å². The Kier molecular flexibility index (Phi) is 6.52. The zero-order valence-electron chi connectivity index (χ0n) is 18.1. The van der Waals surface area contributed by atoms with Gasteiger partial charge in [0, 0.05) is 10.0 Å². The molecular formula is C28H20BrNO3S. The van der Waals surface area contributed by atoms with Crippen LogP contribution in [-0.4, -0.2) is 16.0 Å². The fraction of sp³-hybridized carbons (Fsp3) is 0.0714. The van der Waals surface area contributed by atoms with Gasteiger partial charge in [0.05, 0.1) is 11.4 Å². The van der Waals surface area contributed by atoms with E-state index >= 15 is 0 Å². The van der Waals surface area contributed by atoms with Crippen LogP contribution in [0.4, 0.5) is 4.79 Å². The second kappa shape index (κ2) is 9.87. The van der Waals surface area contributed by atoms with Gasteiger partial charge < -0.3 is 4.74 Å². The van der Waals surface area contributed by atoms with E-state index < -0.39 is 0 Å². The highest BCUT2D eigenvalue weighted by molar-refractivity contribution is 9.10. The summed E-state index contributed by atoms with van der Waals surface area (Å²) in [7, 11) is 0. The first-order valence-electron chi connectivity index (χ1n) is 10.8. The van der Waals surface area contributed by atoms with E-state index in [1.54, 1.807) is 6.08 Å². The summed E-state index contributed by atoms with van der Waals surface area (Å²) in [5.41, 5.74) is 2.73. The van der Waals surface area contributed by atoms with Crippen molar-refractivity contribution in [2.24, 2.45) is 0 Å². The lowest BCUT2D eigenvalue weighted by Crippen LogP contribution is -2.27. The second-order valence-electron chi connectivity index (χ2n) is 7.86. The van der Waals surface area contributed by atoms with Crippen molar-refractivity contribution in [3.63, 3.8) is 0 Å². The Morgan fingerprint density at radius 3 is 2.50 bits per heavy atom. The van der Waals surface area contributed by atoms with Gasteiger partial charge >= 0.3 is 0 Å². The van der Waals surface area contributed by atoms with Crippen molar-refractivity contribution in [1.82, 2.24) is 4.90 Å². The van der Waals surface area contributed by atoms with E-state index in [4.69, 9.17) is 4.74 Å². The minimum Gasteiger partial charge on any atom is -0.488 e. The van der Waals surface area contributed by atoms with Crippen LogP contribution in [0.25, 0.3) is 16.8 Å². The number of halogens is 1. The third-order valence-electron chi connectivity index (χ3n) is 5.58. The molecule has 6 heteroatoms. The summed E-state index contributed by atoms with van der Waals surface area (Å²) in [5, 5.41) is 1.85. The fourth-order valence-electron chi connectivity index (χ4n) is 3.88. The smallest absolute Gasteiger partial charge is 0.293 e. The maximum absolute atomic E-state index is 13.2. The highest BCUT2D eigenvalue weighted by Gasteiger charge is 2.35. The minimum absolute atomic E-state index is 0.235. The van der Waals surface area contributed by atoms with Gasteiger partial charge in [0.25, 0.3) is 11.1 Å². The number of hydrogen-bond acceptors (Lipinski definition) is 4. The van der Waals surface area contributed by atoms with Gasteiger partial charge in [0.2, 0.25) is 0 Å². The zero-order chi connectivity index (χ0) is 23.5. The van der Waals surface area contributed by atoms with E-state index in [1.165, 1.54) is 4.90 Å². The molecule has 1 aliphatic rings. The molecule has 0 atom stereocenters. The van der Waals surface area contributed by atoms with Crippen molar-refractivity contribution in [2.75, 3.05) is 0 Å². The molecule has 0 N–H and O–H groups in total. The van der Waals surface area contributed by atoms with Crippen LogP contribution in [-0.2, 0) is 17.9 Å². The van der Waals surface area contributed by atoms with E-state index in [-0.39, 0.29) is 17.7 Å². The molecule has 4 aromatic carbocycles. The standard InChI is InChI=1S/C28H20BrNO3S/c29-23-13-14-25(33-18-19-7-2-1-3-8-19)22(15-23)16-26-27(31)30(28(32)34-26)17-21-11-6-10-20-9-4-5-12-24(20)21/h1-16H,17-18H2/b26-16+. The molecule has 168 valence electrons. The summed E-state index contributed by atoms with van der Waals surface area (Å²) in [5.74, 6) is 0.352. The first kappa shape index (κ1) is 22.4. The number of fused-ring (bicyclic) bond motifs is 1. The lowest BCUT2D eigenvalue weighted by molar-refractivity contribution is -0.123. The van der Waals surface area contributed by atoms with Crippen LogP contribution < -0.4 is 4.74 Å². The number of carbonyl (C=O) groups is 2. The van der Waals surface area contributed by atoms with Gasteiger partial charge in [0.15, 0.2) is 0 Å². The minimum atomic E-state index is -0.295. The number of thioether (sulfide) groups is 1. The summed E-state index contributed by atoms with van der Waals surface area (Å²) in [6, 6.07) is 29.4.